The maximum absolute atomic E-state index is 12.2. The highest BCUT2D eigenvalue weighted by Crippen LogP contribution is 2.14. The highest BCUT2D eigenvalue weighted by Gasteiger charge is 2.05. The average Bonchev–Trinajstić information content (AvgIpc) is 2.73. The standard InChI is InChI=1S/C24H25NO3/c1-19-7-11-22(12-8-19)27-17-18-28-23-13-9-21(10-14-23)24(26)25-16-15-20-5-3-2-4-6-20/h2-14H,15-18H2,1H3,(H,25,26). The Balaban J connectivity index is 1.37. The second-order valence-corrected chi connectivity index (χ2v) is 6.53. The van der Waals surface area contributed by atoms with Crippen LogP contribution < -0.4 is 14.8 Å². The maximum atomic E-state index is 12.2. The van der Waals surface area contributed by atoms with E-state index in [9.17, 15) is 4.79 Å². The van der Waals surface area contributed by atoms with E-state index in [2.05, 4.69) is 17.4 Å². The molecule has 0 radical (unpaired) electrons. The molecule has 0 aliphatic heterocycles. The van der Waals surface area contributed by atoms with Crippen LogP contribution in [0.15, 0.2) is 78.9 Å². The largest absolute Gasteiger partial charge is 0.490 e. The second kappa shape index (κ2) is 10.2. The molecule has 0 aliphatic carbocycles. The molecule has 0 fully saturated rings. The van der Waals surface area contributed by atoms with E-state index in [4.69, 9.17) is 9.47 Å². The van der Waals surface area contributed by atoms with Crippen LogP contribution in [0.25, 0.3) is 0 Å². The van der Waals surface area contributed by atoms with Gasteiger partial charge in [-0.15, -0.1) is 0 Å². The molecule has 3 aromatic rings. The number of ether oxygens (including phenoxy) is 2. The Morgan fingerprint density at radius 1 is 0.786 bits per heavy atom. The van der Waals surface area contributed by atoms with E-state index in [0.717, 1.165) is 12.2 Å². The number of rotatable bonds is 9. The van der Waals surface area contributed by atoms with E-state index >= 15 is 0 Å². The molecule has 144 valence electrons. The van der Waals surface area contributed by atoms with E-state index in [0.29, 0.717) is 31.1 Å². The van der Waals surface area contributed by atoms with Gasteiger partial charge in [-0.3, -0.25) is 4.79 Å². The Labute approximate surface area is 166 Å². The summed E-state index contributed by atoms with van der Waals surface area (Å²) < 4.78 is 11.3. The fourth-order valence-electron chi connectivity index (χ4n) is 2.72. The molecule has 0 bridgehead atoms. The Bertz CT molecular complexity index is 859. The minimum absolute atomic E-state index is 0.0785. The number of benzene rings is 3. The molecule has 0 saturated heterocycles. The van der Waals surface area contributed by atoms with Gasteiger partial charge in [0.15, 0.2) is 0 Å². The number of hydrogen-bond acceptors (Lipinski definition) is 3. The summed E-state index contributed by atoms with van der Waals surface area (Å²) >= 11 is 0. The van der Waals surface area contributed by atoms with E-state index in [-0.39, 0.29) is 5.91 Å². The molecule has 0 unspecified atom stereocenters. The first-order valence-corrected chi connectivity index (χ1v) is 9.45. The van der Waals surface area contributed by atoms with Crippen LogP contribution in [-0.2, 0) is 6.42 Å². The second-order valence-electron chi connectivity index (χ2n) is 6.53. The van der Waals surface area contributed by atoms with Crippen molar-refractivity contribution >= 4 is 5.91 Å². The fourth-order valence-corrected chi connectivity index (χ4v) is 2.72. The summed E-state index contributed by atoms with van der Waals surface area (Å²) in [4.78, 5) is 12.2. The van der Waals surface area contributed by atoms with Gasteiger partial charge in [0, 0.05) is 12.1 Å². The molecule has 0 aliphatic rings. The van der Waals surface area contributed by atoms with Gasteiger partial charge in [-0.2, -0.15) is 0 Å². The summed E-state index contributed by atoms with van der Waals surface area (Å²) in [6.07, 6.45) is 0.814. The van der Waals surface area contributed by atoms with Crippen molar-refractivity contribution in [3.63, 3.8) is 0 Å². The number of aryl methyl sites for hydroxylation is 1. The molecule has 28 heavy (non-hydrogen) atoms. The van der Waals surface area contributed by atoms with Gasteiger partial charge in [-0.1, -0.05) is 48.0 Å². The molecule has 0 aromatic heterocycles. The molecular formula is C24H25NO3. The van der Waals surface area contributed by atoms with Gasteiger partial charge in [-0.25, -0.2) is 0 Å². The summed E-state index contributed by atoms with van der Waals surface area (Å²) in [5.74, 6) is 1.47. The lowest BCUT2D eigenvalue weighted by atomic mass is 10.1. The van der Waals surface area contributed by atoms with Gasteiger partial charge in [-0.05, 0) is 55.3 Å². The van der Waals surface area contributed by atoms with Crippen molar-refractivity contribution in [2.24, 2.45) is 0 Å². The van der Waals surface area contributed by atoms with Crippen LogP contribution in [0.4, 0.5) is 0 Å². The minimum atomic E-state index is -0.0785. The van der Waals surface area contributed by atoms with Gasteiger partial charge < -0.3 is 14.8 Å². The quantitative estimate of drug-likeness (QED) is 0.563. The highest BCUT2D eigenvalue weighted by molar-refractivity contribution is 5.94. The zero-order valence-electron chi connectivity index (χ0n) is 16.1. The first-order valence-electron chi connectivity index (χ1n) is 9.45. The van der Waals surface area contributed by atoms with E-state index in [1.165, 1.54) is 11.1 Å². The smallest absolute Gasteiger partial charge is 0.251 e. The van der Waals surface area contributed by atoms with Gasteiger partial charge in [0.2, 0.25) is 0 Å². The normalized spacial score (nSPS) is 10.3. The SMILES string of the molecule is Cc1ccc(OCCOc2ccc(C(=O)NCCc3ccccc3)cc2)cc1. The molecule has 0 heterocycles. The van der Waals surface area contributed by atoms with Gasteiger partial charge in [0.05, 0.1) is 0 Å². The monoisotopic (exact) mass is 375 g/mol. The molecule has 4 nitrogen and oxygen atoms in total. The summed E-state index contributed by atoms with van der Waals surface area (Å²) in [6.45, 7) is 3.55. The van der Waals surface area contributed by atoms with Crippen LogP contribution in [-0.4, -0.2) is 25.7 Å². The van der Waals surface area contributed by atoms with E-state index in [1.807, 2.05) is 49.4 Å². The molecule has 3 aromatic carbocycles. The van der Waals surface area contributed by atoms with Crippen LogP contribution in [0.2, 0.25) is 0 Å². The van der Waals surface area contributed by atoms with E-state index < -0.39 is 0 Å². The van der Waals surface area contributed by atoms with E-state index in [1.54, 1.807) is 24.3 Å². The van der Waals surface area contributed by atoms with Crippen molar-refractivity contribution in [2.75, 3.05) is 19.8 Å². The summed E-state index contributed by atoms with van der Waals surface area (Å²) in [6, 6.07) is 25.2. The molecule has 1 N–H and O–H groups in total. The lowest BCUT2D eigenvalue weighted by Gasteiger charge is -2.09. The van der Waals surface area contributed by atoms with Crippen molar-refractivity contribution in [2.45, 2.75) is 13.3 Å². The molecule has 0 spiro atoms. The van der Waals surface area contributed by atoms with Crippen LogP contribution >= 0.6 is 0 Å². The summed E-state index contributed by atoms with van der Waals surface area (Å²) in [5, 5.41) is 2.94. The predicted molar refractivity (Wildman–Crippen MR) is 111 cm³/mol. The lowest BCUT2D eigenvalue weighted by Crippen LogP contribution is -2.25. The van der Waals surface area contributed by atoms with Crippen molar-refractivity contribution in [1.29, 1.82) is 0 Å². The summed E-state index contributed by atoms with van der Waals surface area (Å²) in [7, 11) is 0. The van der Waals surface area contributed by atoms with Crippen LogP contribution in [0.5, 0.6) is 11.5 Å². The molecule has 0 atom stereocenters. The Hall–Kier alpha value is -3.27. The Kier molecular flexibility index (Phi) is 7.08. The number of nitrogens with one attached hydrogen (secondary N) is 1. The van der Waals surface area contributed by atoms with Crippen LogP contribution in [0.1, 0.15) is 21.5 Å². The molecule has 3 rings (SSSR count). The Morgan fingerprint density at radius 2 is 1.36 bits per heavy atom. The minimum Gasteiger partial charge on any atom is -0.490 e. The third-order valence-electron chi connectivity index (χ3n) is 4.30. The fraction of sp³-hybridized carbons (Fsp3) is 0.208. The predicted octanol–water partition coefficient (Wildman–Crippen LogP) is 4.43. The number of carbonyl (C=O) groups is 1. The van der Waals surface area contributed by atoms with Gasteiger partial charge in [0.1, 0.15) is 24.7 Å². The first kappa shape index (κ1) is 19.5. The lowest BCUT2D eigenvalue weighted by molar-refractivity contribution is 0.0954. The average molecular weight is 375 g/mol. The maximum Gasteiger partial charge on any atom is 0.251 e. The summed E-state index contributed by atoms with van der Waals surface area (Å²) in [5.41, 5.74) is 3.03. The number of carbonyl (C=O) groups excluding carboxylic acids is 1. The number of amides is 1. The third kappa shape index (κ3) is 6.16. The molecule has 0 saturated carbocycles. The molecule has 1 amide bonds. The van der Waals surface area contributed by atoms with Crippen molar-refractivity contribution < 1.29 is 14.3 Å². The topological polar surface area (TPSA) is 47.6 Å². The zero-order chi connectivity index (χ0) is 19.6. The van der Waals surface area contributed by atoms with Crippen molar-refractivity contribution in [3.8, 4) is 11.5 Å². The van der Waals surface area contributed by atoms with Crippen LogP contribution in [0.3, 0.4) is 0 Å². The number of hydrogen-bond donors (Lipinski definition) is 1. The van der Waals surface area contributed by atoms with Gasteiger partial charge in [0.25, 0.3) is 5.91 Å². The molecular weight excluding hydrogens is 350 g/mol. The molecule has 4 heteroatoms. The van der Waals surface area contributed by atoms with Gasteiger partial charge >= 0.3 is 0 Å². The van der Waals surface area contributed by atoms with Crippen LogP contribution in [0, 0.1) is 6.92 Å². The highest BCUT2D eigenvalue weighted by atomic mass is 16.5. The van der Waals surface area contributed by atoms with Crippen molar-refractivity contribution in [3.05, 3.63) is 95.6 Å². The Morgan fingerprint density at radius 3 is 1.96 bits per heavy atom. The first-order chi connectivity index (χ1) is 13.7. The third-order valence-corrected chi connectivity index (χ3v) is 4.30. The zero-order valence-corrected chi connectivity index (χ0v) is 16.1. The van der Waals surface area contributed by atoms with Crippen molar-refractivity contribution in [1.82, 2.24) is 5.32 Å².